The van der Waals surface area contributed by atoms with E-state index in [0.29, 0.717) is 31.0 Å². The van der Waals surface area contributed by atoms with Crippen molar-refractivity contribution in [1.82, 2.24) is 20.0 Å². The van der Waals surface area contributed by atoms with Crippen LogP contribution in [0.2, 0.25) is 0 Å². The van der Waals surface area contributed by atoms with Gasteiger partial charge in [0.25, 0.3) is 0 Å². The van der Waals surface area contributed by atoms with Crippen molar-refractivity contribution in [2.24, 2.45) is 16.7 Å². The van der Waals surface area contributed by atoms with Crippen molar-refractivity contribution in [3.63, 3.8) is 0 Å². The number of hydrogen-bond donors (Lipinski definition) is 1. The number of nitrogens with zero attached hydrogens (tertiary/aromatic N) is 3. The summed E-state index contributed by atoms with van der Waals surface area (Å²) in [6, 6.07) is -0.371. The maximum Gasteiger partial charge on any atom is 0.327 e. The van der Waals surface area contributed by atoms with Crippen LogP contribution in [0.4, 0.5) is 9.59 Å². The zero-order valence-corrected chi connectivity index (χ0v) is 29.0. The smallest absolute Gasteiger partial charge is 0.327 e. The SMILES string of the molecule is CCC(CCN1CC(=O)NC1=O)C(CC)(CC)CCCCOCCCCC(CC)(CC)CCCCN1C(=O)CN(CC)C1=O. The summed E-state index contributed by atoms with van der Waals surface area (Å²) < 4.78 is 6.06. The minimum Gasteiger partial charge on any atom is -0.381 e. The van der Waals surface area contributed by atoms with Crippen LogP contribution in [-0.4, -0.2) is 84.5 Å². The van der Waals surface area contributed by atoms with Gasteiger partial charge in [0, 0.05) is 32.8 Å². The third-order valence-electron chi connectivity index (χ3n) is 11.2. The summed E-state index contributed by atoms with van der Waals surface area (Å²) in [4.78, 5) is 52.7. The van der Waals surface area contributed by atoms with E-state index in [1.165, 1.54) is 24.2 Å². The Balaban J connectivity index is 1.64. The van der Waals surface area contributed by atoms with Crippen LogP contribution in [0.3, 0.4) is 0 Å². The van der Waals surface area contributed by atoms with E-state index >= 15 is 0 Å². The first-order chi connectivity index (χ1) is 21.1. The van der Waals surface area contributed by atoms with Crippen molar-refractivity contribution >= 4 is 23.9 Å². The number of unbranched alkanes of at least 4 members (excludes halogenated alkanes) is 3. The van der Waals surface area contributed by atoms with Gasteiger partial charge < -0.3 is 14.5 Å². The highest BCUT2D eigenvalue weighted by molar-refractivity contribution is 6.02. The molecule has 44 heavy (non-hydrogen) atoms. The quantitative estimate of drug-likeness (QED) is 0.0848. The molecule has 2 saturated heterocycles. The topological polar surface area (TPSA) is 99.3 Å². The fourth-order valence-electron chi connectivity index (χ4n) is 7.70. The Hall–Kier alpha value is -2.16. The standard InChI is InChI=1S/C35H64N4O5/c1-7-29(19-24-38-27-30(40)36-32(38)42)35(10-4,11-5)22-15-18-26-44-25-17-14-21-34(8-2,9-3)20-13-16-23-39-31(41)28-37(12-6)33(39)43/h29H,7-28H2,1-6H3,(H,36,40,42). The number of hydrogen-bond acceptors (Lipinski definition) is 5. The average Bonchev–Trinajstić information content (AvgIpc) is 3.50. The van der Waals surface area contributed by atoms with Crippen molar-refractivity contribution in [3.05, 3.63) is 0 Å². The predicted molar refractivity (Wildman–Crippen MR) is 176 cm³/mol. The van der Waals surface area contributed by atoms with Crippen LogP contribution in [-0.2, 0) is 14.3 Å². The Morgan fingerprint density at radius 2 is 1.34 bits per heavy atom. The summed E-state index contributed by atoms with van der Waals surface area (Å²) in [6.07, 6.45) is 16.6. The molecule has 0 aliphatic carbocycles. The molecule has 0 spiro atoms. The molecule has 0 aromatic rings. The van der Waals surface area contributed by atoms with Gasteiger partial charge in [0.05, 0.1) is 0 Å². The van der Waals surface area contributed by atoms with Crippen LogP contribution >= 0.6 is 0 Å². The molecule has 0 saturated carbocycles. The highest BCUT2D eigenvalue weighted by Crippen LogP contribution is 2.44. The fourth-order valence-corrected chi connectivity index (χ4v) is 7.70. The highest BCUT2D eigenvalue weighted by atomic mass is 16.5. The molecule has 1 unspecified atom stereocenters. The third-order valence-corrected chi connectivity index (χ3v) is 11.2. The second-order valence-electron chi connectivity index (χ2n) is 13.3. The van der Waals surface area contributed by atoms with Crippen molar-refractivity contribution in [3.8, 4) is 0 Å². The number of rotatable bonds is 25. The molecule has 0 bridgehead atoms. The van der Waals surface area contributed by atoms with Gasteiger partial charge in [-0.1, -0.05) is 86.0 Å². The molecule has 2 aliphatic rings. The number of imide groups is 2. The maximum absolute atomic E-state index is 12.3. The molecule has 2 aliphatic heterocycles. The highest BCUT2D eigenvalue weighted by Gasteiger charge is 2.36. The van der Waals surface area contributed by atoms with Gasteiger partial charge in [-0.25, -0.2) is 9.59 Å². The number of nitrogens with one attached hydrogen (secondary N) is 1. The minimum atomic E-state index is -0.246. The summed E-state index contributed by atoms with van der Waals surface area (Å²) >= 11 is 0. The van der Waals surface area contributed by atoms with E-state index in [4.69, 9.17) is 4.74 Å². The van der Waals surface area contributed by atoms with Gasteiger partial charge in [0.1, 0.15) is 13.1 Å². The molecular weight excluding hydrogens is 556 g/mol. The lowest BCUT2D eigenvalue weighted by molar-refractivity contribution is -0.125. The summed E-state index contributed by atoms with van der Waals surface area (Å²) in [6.45, 7) is 17.2. The van der Waals surface area contributed by atoms with E-state index in [1.807, 2.05) is 6.92 Å². The fraction of sp³-hybridized carbons (Fsp3) is 0.886. The van der Waals surface area contributed by atoms with E-state index in [-0.39, 0.29) is 42.4 Å². The van der Waals surface area contributed by atoms with Gasteiger partial charge in [-0.15, -0.1) is 0 Å². The normalized spacial score (nSPS) is 16.9. The second kappa shape index (κ2) is 19.4. The van der Waals surface area contributed by atoms with Crippen LogP contribution in [0.5, 0.6) is 0 Å². The average molecular weight is 621 g/mol. The lowest BCUT2D eigenvalue weighted by atomic mass is 9.66. The zero-order valence-electron chi connectivity index (χ0n) is 29.0. The summed E-state index contributed by atoms with van der Waals surface area (Å²) in [5.41, 5.74) is 0.607. The van der Waals surface area contributed by atoms with Gasteiger partial charge in [-0.3, -0.25) is 19.8 Å². The molecule has 2 heterocycles. The Morgan fingerprint density at radius 3 is 1.84 bits per heavy atom. The molecule has 0 aromatic carbocycles. The summed E-state index contributed by atoms with van der Waals surface area (Å²) in [5.74, 6) is 0.288. The number of carbonyl (C=O) groups excluding carboxylic acids is 4. The van der Waals surface area contributed by atoms with Crippen LogP contribution in [0.25, 0.3) is 0 Å². The molecule has 1 atom stereocenters. The zero-order chi connectivity index (χ0) is 32.6. The van der Waals surface area contributed by atoms with Crippen molar-refractivity contribution in [2.75, 3.05) is 45.9 Å². The molecule has 0 aromatic heterocycles. The van der Waals surface area contributed by atoms with Gasteiger partial charge in [0.15, 0.2) is 0 Å². The number of amides is 6. The largest absolute Gasteiger partial charge is 0.381 e. The predicted octanol–water partition coefficient (Wildman–Crippen LogP) is 7.38. The van der Waals surface area contributed by atoms with Gasteiger partial charge in [-0.05, 0) is 68.6 Å². The first-order valence-electron chi connectivity index (χ1n) is 17.9. The van der Waals surface area contributed by atoms with Crippen LogP contribution in [0.15, 0.2) is 0 Å². The molecule has 2 rings (SSSR count). The molecule has 9 nitrogen and oxygen atoms in total. The van der Waals surface area contributed by atoms with E-state index in [0.717, 1.165) is 90.3 Å². The molecule has 0 radical (unpaired) electrons. The lowest BCUT2D eigenvalue weighted by Crippen LogP contribution is -2.35. The number of likely N-dealkylation sites (N-methyl/N-ethyl adjacent to an activating group) is 1. The molecule has 1 N–H and O–H groups in total. The number of urea groups is 2. The molecular formula is C35H64N4O5. The molecule has 9 heteroatoms. The van der Waals surface area contributed by atoms with E-state index in [9.17, 15) is 19.2 Å². The van der Waals surface area contributed by atoms with Gasteiger partial charge in [-0.2, -0.15) is 0 Å². The van der Waals surface area contributed by atoms with Crippen molar-refractivity contribution < 1.29 is 23.9 Å². The van der Waals surface area contributed by atoms with E-state index in [2.05, 4.69) is 39.9 Å². The lowest BCUT2D eigenvalue weighted by Gasteiger charge is -2.40. The maximum atomic E-state index is 12.3. The Bertz CT molecular complexity index is 902. The second-order valence-corrected chi connectivity index (χ2v) is 13.3. The molecule has 6 amide bonds. The third kappa shape index (κ3) is 10.7. The number of carbonyl (C=O) groups is 4. The summed E-state index contributed by atoms with van der Waals surface area (Å²) in [5, 5.41) is 2.39. The van der Waals surface area contributed by atoms with Crippen LogP contribution < -0.4 is 5.32 Å². The van der Waals surface area contributed by atoms with Crippen molar-refractivity contribution in [1.29, 1.82) is 0 Å². The van der Waals surface area contributed by atoms with E-state index in [1.54, 1.807) is 9.80 Å². The number of ether oxygens (including phenoxy) is 1. The van der Waals surface area contributed by atoms with Crippen LogP contribution in [0, 0.1) is 16.7 Å². The Morgan fingerprint density at radius 1 is 0.727 bits per heavy atom. The first-order valence-corrected chi connectivity index (χ1v) is 17.9. The Labute approximate surface area is 268 Å². The minimum absolute atomic E-state index is 0.0569. The van der Waals surface area contributed by atoms with Gasteiger partial charge in [0.2, 0.25) is 11.8 Å². The first kappa shape index (κ1) is 38.0. The monoisotopic (exact) mass is 620 g/mol. The molecule has 254 valence electrons. The molecule has 2 fully saturated rings. The summed E-state index contributed by atoms with van der Waals surface area (Å²) in [7, 11) is 0. The van der Waals surface area contributed by atoms with Crippen molar-refractivity contribution in [2.45, 2.75) is 138 Å². The van der Waals surface area contributed by atoms with Gasteiger partial charge >= 0.3 is 12.1 Å². The Kier molecular flexibility index (Phi) is 16.7. The van der Waals surface area contributed by atoms with Crippen LogP contribution in [0.1, 0.15) is 138 Å². The van der Waals surface area contributed by atoms with E-state index < -0.39 is 0 Å².